The Kier molecular flexibility index (Phi) is 4.88. The maximum Gasteiger partial charge on any atom is 0.274 e. The fourth-order valence-corrected chi connectivity index (χ4v) is 3.43. The molecule has 148 valence electrons. The summed E-state index contributed by atoms with van der Waals surface area (Å²) in [4.78, 5) is 30.0. The van der Waals surface area contributed by atoms with Crippen LogP contribution in [0.5, 0.6) is 0 Å². The molecule has 0 aliphatic heterocycles. The lowest BCUT2D eigenvalue weighted by atomic mass is 10.0. The molecule has 2 aromatic heterocycles. The summed E-state index contributed by atoms with van der Waals surface area (Å²) in [6.45, 7) is 4.14. The standard InChI is InChI=1S/C22H22N4O3/c1-13(2)12-17(21-24-16-10-6-7-11-18(16)29-21)23-20(27)19-14-8-4-5-9-15(14)22(28)26(3)25-19/h4-11,13,17H,12H2,1-3H3,(H,23,27)/t17-/m0/s1. The number of hydrogen-bond donors (Lipinski definition) is 1. The van der Waals surface area contributed by atoms with Crippen LogP contribution in [0.2, 0.25) is 0 Å². The summed E-state index contributed by atoms with van der Waals surface area (Å²) in [5, 5.41) is 8.20. The Hall–Kier alpha value is -3.48. The summed E-state index contributed by atoms with van der Waals surface area (Å²) in [5.74, 6) is 0.396. The van der Waals surface area contributed by atoms with Crippen LogP contribution in [0.25, 0.3) is 21.9 Å². The van der Waals surface area contributed by atoms with E-state index in [1.165, 1.54) is 11.7 Å². The van der Waals surface area contributed by atoms with E-state index in [4.69, 9.17) is 4.42 Å². The molecule has 4 rings (SSSR count). The van der Waals surface area contributed by atoms with Gasteiger partial charge in [-0.15, -0.1) is 0 Å². The number of carbonyl (C=O) groups excluding carboxylic acids is 1. The number of oxazole rings is 1. The Morgan fingerprint density at radius 2 is 1.79 bits per heavy atom. The molecule has 4 aromatic rings. The monoisotopic (exact) mass is 390 g/mol. The van der Waals surface area contributed by atoms with Crippen LogP contribution < -0.4 is 10.9 Å². The third-order valence-corrected chi connectivity index (χ3v) is 4.79. The minimum Gasteiger partial charge on any atom is -0.438 e. The van der Waals surface area contributed by atoms with Crippen molar-refractivity contribution in [1.29, 1.82) is 0 Å². The van der Waals surface area contributed by atoms with E-state index in [-0.39, 0.29) is 17.2 Å². The fraction of sp³-hybridized carbons (Fsp3) is 0.273. The lowest BCUT2D eigenvalue weighted by Crippen LogP contribution is -2.33. The number of para-hydroxylation sites is 2. The number of benzene rings is 2. The van der Waals surface area contributed by atoms with Crippen LogP contribution in [0.4, 0.5) is 0 Å². The molecule has 0 bridgehead atoms. The highest BCUT2D eigenvalue weighted by atomic mass is 16.3. The number of aryl methyl sites for hydroxylation is 1. The van der Waals surface area contributed by atoms with Gasteiger partial charge >= 0.3 is 0 Å². The zero-order valence-electron chi connectivity index (χ0n) is 16.5. The number of nitrogens with zero attached hydrogens (tertiary/aromatic N) is 3. The van der Waals surface area contributed by atoms with E-state index in [2.05, 4.69) is 29.2 Å². The molecule has 1 atom stereocenters. The predicted molar refractivity (Wildman–Crippen MR) is 111 cm³/mol. The lowest BCUT2D eigenvalue weighted by molar-refractivity contribution is 0.0919. The third kappa shape index (κ3) is 3.63. The number of hydrogen-bond acceptors (Lipinski definition) is 5. The van der Waals surface area contributed by atoms with Crippen molar-refractivity contribution < 1.29 is 9.21 Å². The Morgan fingerprint density at radius 3 is 2.52 bits per heavy atom. The minimum atomic E-state index is -0.410. The molecule has 0 radical (unpaired) electrons. The molecule has 0 saturated carbocycles. The van der Waals surface area contributed by atoms with Gasteiger partial charge in [-0.3, -0.25) is 9.59 Å². The van der Waals surface area contributed by atoms with Crippen LogP contribution in [-0.4, -0.2) is 20.7 Å². The second-order valence-electron chi connectivity index (χ2n) is 7.50. The van der Waals surface area contributed by atoms with Gasteiger partial charge in [-0.25, -0.2) is 9.67 Å². The molecular formula is C22H22N4O3. The van der Waals surface area contributed by atoms with Crippen molar-refractivity contribution in [2.24, 2.45) is 13.0 Å². The number of fused-ring (bicyclic) bond motifs is 2. The largest absolute Gasteiger partial charge is 0.438 e. The van der Waals surface area contributed by atoms with Crippen molar-refractivity contribution in [3.63, 3.8) is 0 Å². The second kappa shape index (κ2) is 7.50. The summed E-state index contributed by atoms with van der Waals surface area (Å²) in [7, 11) is 1.54. The summed E-state index contributed by atoms with van der Waals surface area (Å²) in [6.07, 6.45) is 0.655. The number of aromatic nitrogens is 3. The van der Waals surface area contributed by atoms with Gasteiger partial charge in [0.1, 0.15) is 11.6 Å². The maximum absolute atomic E-state index is 13.1. The van der Waals surface area contributed by atoms with E-state index in [0.717, 1.165) is 5.52 Å². The van der Waals surface area contributed by atoms with Crippen molar-refractivity contribution in [3.05, 3.63) is 70.5 Å². The maximum atomic E-state index is 13.1. The van der Waals surface area contributed by atoms with Crippen LogP contribution in [-0.2, 0) is 7.05 Å². The molecule has 2 heterocycles. The van der Waals surface area contributed by atoms with E-state index in [9.17, 15) is 9.59 Å². The Balaban J connectivity index is 1.73. The summed E-state index contributed by atoms with van der Waals surface area (Å²) in [6, 6.07) is 14.1. The SMILES string of the molecule is CC(C)C[C@H](NC(=O)c1nn(C)c(=O)c2ccccc12)c1nc2ccccc2o1. The van der Waals surface area contributed by atoms with Gasteiger partial charge in [0, 0.05) is 12.4 Å². The van der Waals surface area contributed by atoms with E-state index >= 15 is 0 Å². The molecule has 7 nitrogen and oxygen atoms in total. The average molecular weight is 390 g/mol. The Bertz CT molecular complexity index is 1220. The number of rotatable bonds is 5. The van der Waals surface area contributed by atoms with Crippen molar-refractivity contribution in [2.45, 2.75) is 26.3 Å². The highest BCUT2D eigenvalue weighted by molar-refractivity contribution is 6.04. The van der Waals surface area contributed by atoms with Crippen LogP contribution in [0.1, 0.15) is 42.7 Å². The molecule has 0 aliphatic rings. The van der Waals surface area contributed by atoms with Crippen LogP contribution in [0.3, 0.4) is 0 Å². The first-order valence-electron chi connectivity index (χ1n) is 9.56. The number of nitrogens with one attached hydrogen (secondary N) is 1. The van der Waals surface area contributed by atoms with Gasteiger partial charge in [0.15, 0.2) is 11.3 Å². The molecule has 1 N–H and O–H groups in total. The summed E-state index contributed by atoms with van der Waals surface area (Å²) >= 11 is 0. The second-order valence-corrected chi connectivity index (χ2v) is 7.50. The van der Waals surface area contributed by atoms with Crippen molar-refractivity contribution in [1.82, 2.24) is 20.1 Å². The highest BCUT2D eigenvalue weighted by Gasteiger charge is 2.24. The van der Waals surface area contributed by atoms with Gasteiger partial charge in [-0.05, 0) is 30.5 Å². The van der Waals surface area contributed by atoms with E-state index in [0.29, 0.717) is 34.6 Å². The van der Waals surface area contributed by atoms with Gasteiger partial charge in [0.2, 0.25) is 5.89 Å². The van der Waals surface area contributed by atoms with Crippen LogP contribution >= 0.6 is 0 Å². The average Bonchev–Trinajstić information content (AvgIpc) is 3.14. The zero-order chi connectivity index (χ0) is 20.5. The molecule has 0 saturated heterocycles. The summed E-state index contributed by atoms with van der Waals surface area (Å²) in [5.41, 5.74) is 1.38. The molecule has 0 spiro atoms. The van der Waals surface area contributed by atoms with Crippen molar-refractivity contribution in [3.8, 4) is 0 Å². The number of amides is 1. The van der Waals surface area contributed by atoms with Crippen LogP contribution in [0.15, 0.2) is 57.7 Å². The third-order valence-electron chi connectivity index (χ3n) is 4.79. The van der Waals surface area contributed by atoms with E-state index in [1.807, 2.05) is 24.3 Å². The zero-order valence-corrected chi connectivity index (χ0v) is 16.5. The first-order chi connectivity index (χ1) is 13.9. The molecular weight excluding hydrogens is 368 g/mol. The quantitative estimate of drug-likeness (QED) is 0.562. The Morgan fingerprint density at radius 1 is 1.10 bits per heavy atom. The molecule has 2 aromatic carbocycles. The molecule has 0 unspecified atom stereocenters. The smallest absolute Gasteiger partial charge is 0.274 e. The normalized spacial score (nSPS) is 12.6. The topological polar surface area (TPSA) is 90.0 Å². The van der Waals surface area contributed by atoms with Crippen molar-refractivity contribution >= 4 is 27.8 Å². The number of carbonyl (C=O) groups is 1. The van der Waals surface area contributed by atoms with Gasteiger partial charge in [0.25, 0.3) is 11.5 Å². The fourth-order valence-electron chi connectivity index (χ4n) is 3.43. The molecule has 7 heteroatoms. The molecule has 1 amide bonds. The Labute approximate surface area is 167 Å². The molecule has 0 aliphatic carbocycles. The highest BCUT2D eigenvalue weighted by Crippen LogP contribution is 2.25. The first-order valence-corrected chi connectivity index (χ1v) is 9.56. The molecule has 29 heavy (non-hydrogen) atoms. The molecule has 0 fully saturated rings. The van der Waals surface area contributed by atoms with E-state index < -0.39 is 6.04 Å². The minimum absolute atomic E-state index is 0.201. The predicted octanol–water partition coefficient (Wildman–Crippen LogP) is 3.59. The lowest BCUT2D eigenvalue weighted by Gasteiger charge is -2.18. The van der Waals surface area contributed by atoms with Gasteiger partial charge in [-0.1, -0.05) is 44.2 Å². The van der Waals surface area contributed by atoms with Crippen LogP contribution in [0, 0.1) is 5.92 Å². The summed E-state index contributed by atoms with van der Waals surface area (Å²) < 4.78 is 7.09. The van der Waals surface area contributed by atoms with Crippen molar-refractivity contribution in [2.75, 3.05) is 0 Å². The van der Waals surface area contributed by atoms with Gasteiger partial charge in [-0.2, -0.15) is 5.10 Å². The van der Waals surface area contributed by atoms with E-state index in [1.54, 1.807) is 24.3 Å². The first kappa shape index (κ1) is 18.9. The van der Waals surface area contributed by atoms with Gasteiger partial charge in [0.05, 0.1) is 5.39 Å². The van der Waals surface area contributed by atoms with Gasteiger partial charge < -0.3 is 9.73 Å².